The number of piperidine rings is 1. The van der Waals surface area contributed by atoms with E-state index in [1.54, 1.807) is 0 Å². The number of carbonyl (C=O) groups is 1. The SMILES string of the molecule is CN1CCC2(CC1)COC2=O. The van der Waals surface area contributed by atoms with Crippen molar-refractivity contribution >= 4 is 5.97 Å². The van der Waals surface area contributed by atoms with Crippen LogP contribution in [0.15, 0.2) is 0 Å². The minimum absolute atomic E-state index is 0.0330. The molecule has 0 saturated carbocycles. The van der Waals surface area contributed by atoms with Crippen molar-refractivity contribution in [3.8, 4) is 0 Å². The van der Waals surface area contributed by atoms with E-state index >= 15 is 0 Å². The van der Waals surface area contributed by atoms with E-state index in [1.807, 2.05) is 0 Å². The smallest absolute Gasteiger partial charge is 0.315 e. The molecule has 1 spiro atoms. The van der Waals surface area contributed by atoms with E-state index in [-0.39, 0.29) is 11.4 Å². The number of hydrogen-bond donors (Lipinski definition) is 0. The third-order valence-electron chi connectivity index (χ3n) is 2.86. The van der Waals surface area contributed by atoms with Gasteiger partial charge in [-0.1, -0.05) is 0 Å². The van der Waals surface area contributed by atoms with Gasteiger partial charge in [0.15, 0.2) is 0 Å². The summed E-state index contributed by atoms with van der Waals surface area (Å²) in [7, 11) is 2.09. The number of hydrogen-bond acceptors (Lipinski definition) is 3. The second-order valence-corrected chi connectivity index (χ2v) is 3.66. The highest BCUT2D eigenvalue weighted by atomic mass is 16.6. The normalized spacial score (nSPS) is 29.7. The molecule has 0 aromatic rings. The fraction of sp³-hybridized carbons (Fsp3) is 0.875. The summed E-state index contributed by atoms with van der Waals surface area (Å²) in [4.78, 5) is 13.3. The van der Waals surface area contributed by atoms with Crippen molar-refractivity contribution in [3.05, 3.63) is 0 Å². The molecule has 2 aliphatic heterocycles. The van der Waals surface area contributed by atoms with E-state index in [0.717, 1.165) is 25.9 Å². The lowest BCUT2D eigenvalue weighted by molar-refractivity contribution is -0.191. The molecular weight excluding hydrogens is 142 g/mol. The molecule has 2 fully saturated rings. The Kier molecular flexibility index (Phi) is 1.42. The number of likely N-dealkylation sites (tertiary alicyclic amines) is 1. The fourth-order valence-corrected chi connectivity index (χ4v) is 1.73. The molecular formula is C8H13NO2. The highest BCUT2D eigenvalue weighted by Crippen LogP contribution is 2.39. The maximum atomic E-state index is 11.1. The summed E-state index contributed by atoms with van der Waals surface area (Å²) in [5.74, 6) is 0.0330. The highest BCUT2D eigenvalue weighted by Gasteiger charge is 2.50. The van der Waals surface area contributed by atoms with Crippen LogP contribution in [0, 0.1) is 5.41 Å². The number of ether oxygens (including phenoxy) is 1. The maximum absolute atomic E-state index is 11.1. The summed E-state index contributed by atoms with van der Waals surface area (Å²) >= 11 is 0. The lowest BCUT2D eigenvalue weighted by Gasteiger charge is -2.44. The van der Waals surface area contributed by atoms with Crippen LogP contribution in [0.4, 0.5) is 0 Å². The lowest BCUT2D eigenvalue weighted by Crippen LogP contribution is -2.53. The Morgan fingerprint density at radius 3 is 2.45 bits per heavy atom. The Morgan fingerprint density at radius 2 is 2.09 bits per heavy atom. The molecule has 0 bridgehead atoms. The van der Waals surface area contributed by atoms with Crippen molar-refractivity contribution < 1.29 is 9.53 Å². The molecule has 0 radical (unpaired) electrons. The topological polar surface area (TPSA) is 29.5 Å². The molecule has 2 saturated heterocycles. The van der Waals surface area contributed by atoms with Gasteiger partial charge in [0, 0.05) is 0 Å². The molecule has 0 aliphatic carbocycles. The zero-order valence-electron chi connectivity index (χ0n) is 6.80. The third-order valence-corrected chi connectivity index (χ3v) is 2.86. The minimum Gasteiger partial charge on any atom is -0.464 e. The van der Waals surface area contributed by atoms with Crippen molar-refractivity contribution in [2.24, 2.45) is 5.41 Å². The minimum atomic E-state index is -0.0630. The monoisotopic (exact) mass is 155 g/mol. The fourth-order valence-electron chi connectivity index (χ4n) is 1.73. The van der Waals surface area contributed by atoms with E-state index in [4.69, 9.17) is 4.74 Å². The second-order valence-electron chi connectivity index (χ2n) is 3.66. The van der Waals surface area contributed by atoms with Crippen molar-refractivity contribution in [1.82, 2.24) is 4.90 Å². The van der Waals surface area contributed by atoms with Gasteiger partial charge < -0.3 is 9.64 Å². The van der Waals surface area contributed by atoms with E-state index in [9.17, 15) is 4.79 Å². The molecule has 3 nitrogen and oxygen atoms in total. The molecule has 0 amide bonds. The molecule has 0 aromatic carbocycles. The lowest BCUT2D eigenvalue weighted by atomic mass is 9.76. The summed E-state index contributed by atoms with van der Waals surface area (Å²) in [6.07, 6.45) is 1.98. The van der Waals surface area contributed by atoms with Crippen LogP contribution in [0.1, 0.15) is 12.8 Å². The Morgan fingerprint density at radius 1 is 1.45 bits per heavy atom. The standard InChI is InChI=1S/C8H13NO2/c1-9-4-2-8(3-5-9)6-11-7(8)10/h2-6H2,1H3. The zero-order valence-corrected chi connectivity index (χ0v) is 6.80. The predicted molar refractivity (Wildman–Crippen MR) is 40.1 cm³/mol. The number of cyclic esters (lactones) is 1. The van der Waals surface area contributed by atoms with Gasteiger partial charge >= 0.3 is 5.97 Å². The van der Waals surface area contributed by atoms with Gasteiger partial charge in [-0.05, 0) is 33.0 Å². The van der Waals surface area contributed by atoms with Crippen LogP contribution in [0.5, 0.6) is 0 Å². The molecule has 0 atom stereocenters. The molecule has 3 heteroatoms. The third kappa shape index (κ3) is 0.948. The zero-order chi connectivity index (χ0) is 7.90. The van der Waals surface area contributed by atoms with Gasteiger partial charge in [-0.25, -0.2) is 0 Å². The van der Waals surface area contributed by atoms with Crippen molar-refractivity contribution in [2.45, 2.75) is 12.8 Å². The first-order valence-electron chi connectivity index (χ1n) is 4.09. The van der Waals surface area contributed by atoms with Crippen LogP contribution in [-0.2, 0) is 9.53 Å². The van der Waals surface area contributed by atoms with Crippen LogP contribution >= 0.6 is 0 Å². The van der Waals surface area contributed by atoms with E-state index in [2.05, 4.69) is 11.9 Å². The van der Waals surface area contributed by atoms with E-state index < -0.39 is 0 Å². The van der Waals surface area contributed by atoms with E-state index in [0.29, 0.717) is 6.61 Å². The van der Waals surface area contributed by atoms with E-state index in [1.165, 1.54) is 0 Å². The largest absolute Gasteiger partial charge is 0.464 e. The van der Waals surface area contributed by atoms with Crippen LogP contribution < -0.4 is 0 Å². The Bertz CT molecular complexity index is 183. The summed E-state index contributed by atoms with van der Waals surface area (Å²) < 4.78 is 4.80. The molecule has 2 rings (SSSR count). The predicted octanol–water partition coefficient (Wildman–Crippen LogP) is 0.255. The molecule has 0 unspecified atom stereocenters. The van der Waals surface area contributed by atoms with Crippen molar-refractivity contribution in [3.63, 3.8) is 0 Å². The quantitative estimate of drug-likeness (QED) is 0.470. The van der Waals surface area contributed by atoms with Gasteiger partial charge in [-0.15, -0.1) is 0 Å². The summed E-state index contributed by atoms with van der Waals surface area (Å²) in [6, 6.07) is 0. The van der Waals surface area contributed by atoms with Gasteiger partial charge in [-0.3, -0.25) is 4.79 Å². The molecule has 62 valence electrons. The van der Waals surface area contributed by atoms with Crippen LogP contribution in [0.25, 0.3) is 0 Å². The maximum Gasteiger partial charge on any atom is 0.315 e. The molecule has 2 heterocycles. The summed E-state index contributed by atoms with van der Waals surface area (Å²) in [6.45, 7) is 2.74. The molecule has 0 aromatic heterocycles. The van der Waals surface area contributed by atoms with Crippen LogP contribution in [0.2, 0.25) is 0 Å². The van der Waals surface area contributed by atoms with Gasteiger partial charge in [0.1, 0.15) is 12.0 Å². The Hall–Kier alpha value is -0.570. The van der Waals surface area contributed by atoms with Gasteiger partial charge in [0.2, 0.25) is 0 Å². The van der Waals surface area contributed by atoms with Crippen molar-refractivity contribution in [1.29, 1.82) is 0 Å². The van der Waals surface area contributed by atoms with Crippen LogP contribution in [0.3, 0.4) is 0 Å². The second kappa shape index (κ2) is 2.21. The first-order valence-corrected chi connectivity index (χ1v) is 4.09. The van der Waals surface area contributed by atoms with Gasteiger partial charge in [0.05, 0.1) is 0 Å². The van der Waals surface area contributed by atoms with Crippen molar-refractivity contribution in [2.75, 3.05) is 26.7 Å². The average Bonchev–Trinajstić information content (AvgIpc) is 2.03. The molecule has 11 heavy (non-hydrogen) atoms. The van der Waals surface area contributed by atoms with Gasteiger partial charge in [-0.2, -0.15) is 0 Å². The first-order chi connectivity index (χ1) is 5.23. The van der Waals surface area contributed by atoms with Crippen LogP contribution in [-0.4, -0.2) is 37.6 Å². The Balaban J connectivity index is 2.01. The average molecular weight is 155 g/mol. The molecule has 0 N–H and O–H groups in total. The highest BCUT2D eigenvalue weighted by molar-refractivity contribution is 5.81. The number of carbonyl (C=O) groups excluding carboxylic acids is 1. The first kappa shape index (κ1) is 7.10. The summed E-state index contributed by atoms with van der Waals surface area (Å²) in [5, 5.41) is 0. The Labute approximate surface area is 66.3 Å². The number of rotatable bonds is 0. The number of esters is 1. The molecule has 2 aliphatic rings. The van der Waals surface area contributed by atoms with Gasteiger partial charge in [0.25, 0.3) is 0 Å². The summed E-state index contributed by atoms with van der Waals surface area (Å²) in [5.41, 5.74) is -0.0630. The number of nitrogens with zero attached hydrogens (tertiary/aromatic N) is 1.